The highest BCUT2D eigenvalue weighted by atomic mass is 32.2. The zero-order chi connectivity index (χ0) is 7.49. The van der Waals surface area contributed by atoms with Crippen LogP contribution in [0.25, 0.3) is 0 Å². The molecule has 0 rings (SSSR count). The van der Waals surface area contributed by atoms with Crippen LogP contribution in [0.4, 0.5) is 0 Å². The predicted octanol–water partition coefficient (Wildman–Crippen LogP) is -1.81. The fourth-order valence-electron chi connectivity index (χ4n) is 0.323. The lowest BCUT2D eigenvalue weighted by Crippen LogP contribution is -2.32. The van der Waals surface area contributed by atoms with Gasteiger partial charge in [-0.3, -0.25) is 4.55 Å². The second kappa shape index (κ2) is 3.11. The molecule has 56 valence electrons. The van der Waals surface area contributed by atoms with E-state index < -0.39 is 28.5 Å². The van der Waals surface area contributed by atoms with E-state index in [1.165, 1.54) is 0 Å². The third kappa shape index (κ3) is 5.71. The molecule has 0 aromatic heterocycles. The standard InChI is InChI=1S/C3H9NO4S/c4-3(1-5)2-9(6,7)8/h3,5H,1-2,4H2,(H,6,7,8)/t3-/m1/s1. The lowest BCUT2D eigenvalue weighted by atomic mass is 10.4. The van der Waals surface area contributed by atoms with Crippen molar-refractivity contribution in [3.8, 4) is 0 Å². The molecule has 1 atom stereocenters. The first kappa shape index (κ1) is 8.83. The van der Waals surface area contributed by atoms with Crippen molar-refractivity contribution in [1.82, 2.24) is 0 Å². The summed E-state index contributed by atoms with van der Waals surface area (Å²) in [5, 5.41) is 8.20. The quantitative estimate of drug-likeness (QED) is 0.417. The second-order valence-corrected chi connectivity index (χ2v) is 3.19. The first-order chi connectivity index (χ1) is 3.95. The minimum Gasteiger partial charge on any atom is -0.395 e. The van der Waals surface area contributed by atoms with Gasteiger partial charge in [-0.05, 0) is 0 Å². The summed E-state index contributed by atoms with van der Waals surface area (Å²) in [5.74, 6) is -0.594. The van der Waals surface area contributed by atoms with E-state index in [9.17, 15) is 8.42 Å². The molecule has 0 radical (unpaired) electrons. The van der Waals surface area contributed by atoms with Gasteiger partial charge < -0.3 is 10.8 Å². The summed E-state index contributed by atoms with van der Waals surface area (Å²) in [6.07, 6.45) is 0. The summed E-state index contributed by atoms with van der Waals surface area (Å²) in [7, 11) is -4.02. The van der Waals surface area contributed by atoms with Crippen LogP contribution < -0.4 is 5.73 Å². The highest BCUT2D eigenvalue weighted by Gasteiger charge is 2.10. The van der Waals surface area contributed by atoms with Gasteiger partial charge in [-0.15, -0.1) is 0 Å². The topological polar surface area (TPSA) is 101 Å². The van der Waals surface area contributed by atoms with Crippen molar-refractivity contribution < 1.29 is 18.1 Å². The van der Waals surface area contributed by atoms with Crippen LogP contribution >= 0.6 is 0 Å². The average Bonchev–Trinajstić information content (AvgIpc) is 1.62. The molecule has 9 heavy (non-hydrogen) atoms. The van der Waals surface area contributed by atoms with E-state index in [4.69, 9.17) is 15.4 Å². The van der Waals surface area contributed by atoms with Crippen LogP contribution in [0.5, 0.6) is 0 Å². The SMILES string of the molecule is N[C@H](CO)CS(=O)(=O)O. The van der Waals surface area contributed by atoms with E-state index in [-0.39, 0.29) is 0 Å². The number of rotatable bonds is 3. The van der Waals surface area contributed by atoms with Crippen molar-refractivity contribution in [3.63, 3.8) is 0 Å². The van der Waals surface area contributed by atoms with Crippen molar-refractivity contribution in [3.05, 3.63) is 0 Å². The Balaban J connectivity index is 3.75. The van der Waals surface area contributed by atoms with Gasteiger partial charge in [-0.2, -0.15) is 8.42 Å². The van der Waals surface area contributed by atoms with Crippen molar-refractivity contribution in [2.45, 2.75) is 6.04 Å². The Bertz CT molecular complexity index is 163. The van der Waals surface area contributed by atoms with Gasteiger partial charge in [0.2, 0.25) is 0 Å². The van der Waals surface area contributed by atoms with Crippen molar-refractivity contribution in [2.24, 2.45) is 5.73 Å². The first-order valence-corrected chi connectivity index (χ1v) is 3.88. The summed E-state index contributed by atoms with van der Waals surface area (Å²) in [4.78, 5) is 0. The van der Waals surface area contributed by atoms with Crippen LogP contribution in [-0.4, -0.2) is 36.5 Å². The van der Waals surface area contributed by atoms with Crippen molar-refractivity contribution in [1.29, 1.82) is 0 Å². The van der Waals surface area contributed by atoms with E-state index in [0.29, 0.717) is 0 Å². The van der Waals surface area contributed by atoms with Crippen LogP contribution in [0.15, 0.2) is 0 Å². The number of hydrogen-bond acceptors (Lipinski definition) is 4. The number of aliphatic hydroxyl groups excluding tert-OH is 1. The van der Waals surface area contributed by atoms with Crippen molar-refractivity contribution in [2.75, 3.05) is 12.4 Å². The molecule has 0 bridgehead atoms. The molecular weight excluding hydrogens is 146 g/mol. The zero-order valence-electron chi connectivity index (χ0n) is 4.69. The third-order valence-electron chi connectivity index (χ3n) is 0.659. The molecule has 0 heterocycles. The molecule has 0 aliphatic carbocycles. The fourth-order valence-corrected chi connectivity index (χ4v) is 0.970. The number of aliphatic hydroxyl groups is 1. The average molecular weight is 155 g/mol. The number of hydrogen-bond donors (Lipinski definition) is 3. The first-order valence-electron chi connectivity index (χ1n) is 2.27. The summed E-state index contributed by atoms with van der Waals surface area (Å²) < 4.78 is 28.0. The van der Waals surface area contributed by atoms with Crippen LogP contribution in [0, 0.1) is 0 Å². The van der Waals surface area contributed by atoms with E-state index >= 15 is 0 Å². The van der Waals surface area contributed by atoms with E-state index in [0.717, 1.165) is 0 Å². The van der Waals surface area contributed by atoms with Gasteiger partial charge >= 0.3 is 0 Å². The van der Waals surface area contributed by atoms with Gasteiger partial charge in [0.25, 0.3) is 10.1 Å². The summed E-state index contributed by atoms with van der Waals surface area (Å²) in [5.41, 5.74) is 4.97. The second-order valence-electron chi connectivity index (χ2n) is 1.69. The number of nitrogens with two attached hydrogens (primary N) is 1. The Morgan fingerprint density at radius 3 is 2.11 bits per heavy atom. The Morgan fingerprint density at radius 1 is 1.56 bits per heavy atom. The van der Waals surface area contributed by atoms with Gasteiger partial charge in [-0.25, -0.2) is 0 Å². The third-order valence-corrected chi connectivity index (χ3v) is 1.51. The zero-order valence-corrected chi connectivity index (χ0v) is 5.50. The van der Waals surface area contributed by atoms with Crippen molar-refractivity contribution >= 4 is 10.1 Å². The van der Waals surface area contributed by atoms with Gasteiger partial charge in [0.15, 0.2) is 0 Å². The molecule has 0 fully saturated rings. The summed E-state index contributed by atoms with van der Waals surface area (Å²) in [6.45, 7) is -0.445. The van der Waals surface area contributed by atoms with Gasteiger partial charge in [0.05, 0.1) is 12.4 Å². The molecule has 0 saturated carbocycles. The van der Waals surface area contributed by atoms with Gasteiger partial charge in [-0.1, -0.05) is 0 Å². The minimum atomic E-state index is -4.02. The molecule has 0 aromatic rings. The maximum atomic E-state index is 9.96. The smallest absolute Gasteiger partial charge is 0.266 e. The summed E-state index contributed by atoms with van der Waals surface area (Å²) >= 11 is 0. The molecule has 0 unspecified atom stereocenters. The minimum absolute atomic E-state index is 0.445. The highest BCUT2D eigenvalue weighted by Crippen LogP contribution is 1.84. The molecule has 4 N–H and O–H groups in total. The Morgan fingerprint density at radius 2 is 2.00 bits per heavy atom. The molecule has 0 aromatic carbocycles. The van der Waals surface area contributed by atoms with E-state index in [2.05, 4.69) is 0 Å². The van der Waals surface area contributed by atoms with Crippen LogP contribution in [0.2, 0.25) is 0 Å². The highest BCUT2D eigenvalue weighted by molar-refractivity contribution is 7.85. The van der Waals surface area contributed by atoms with Crippen LogP contribution in [-0.2, 0) is 10.1 Å². The fraction of sp³-hybridized carbons (Fsp3) is 1.00. The lowest BCUT2D eigenvalue weighted by Gasteiger charge is -2.02. The Labute approximate surface area is 53.2 Å². The monoisotopic (exact) mass is 155 g/mol. The Hall–Kier alpha value is -0.170. The molecule has 0 amide bonds. The maximum absolute atomic E-state index is 9.96. The van der Waals surface area contributed by atoms with Gasteiger partial charge in [0, 0.05) is 6.04 Å². The molecule has 5 nitrogen and oxygen atoms in total. The van der Waals surface area contributed by atoms with E-state index in [1.54, 1.807) is 0 Å². The lowest BCUT2D eigenvalue weighted by molar-refractivity contribution is 0.272. The van der Waals surface area contributed by atoms with Crippen LogP contribution in [0.1, 0.15) is 0 Å². The van der Waals surface area contributed by atoms with Crippen LogP contribution in [0.3, 0.4) is 0 Å². The molecule has 6 heteroatoms. The normalized spacial score (nSPS) is 15.4. The molecule has 0 aliphatic rings. The maximum Gasteiger partial charge on any atom is 0.266 e. The molecular formula is C3H9NO4S. The molecule has 0 saturated heterocycles. The summed E-state index contributed by atoms with van der Waals surface area (Å²) in [6, 6.07) is -0.889. The van der Waals surface area contributed by atoms with Gasteiger partial charge in [0.1, 0.15) is 0 Å². The largest absolute Gasteiger partial charge is 0.395 e. The molecule has 0 aliphatic heterocycles. The predicted molar refractivity (Wildman–Crippen MR) is 31.5 cm³/mol. The van der Waals surface area contributed by atoms with E-state index in [1.807, 2.05) is 0 Å². The molecule has 0 spiro atoms. The Kier molecular flexibility index (Phi) is 3.06.